The van der Waals surface area contributed by atoms with Crippen molar-refractivity contribution in [2.45, 2.75) is 32.4 Å². The highest BCUT2D eigenvalue weighted by Gasteiger charge is 2.31. The Morgan fingerprint density at radius 1 is 1.35 bits per heavy atom. The lowest BCUT2D eigenvalue weighted by Gasteiger charge is -2.13. The molecule has 2 atom stereocenters. The first-order chi connectivity index (χ1) is 8.16. The maximum Gasteiger partial charge on any atom is 0.152 e. The maximum atomic E-state index is 11.8. The molecule has 0 amide bonds. The van der Waals surface area contributed by atoms with Crippen LogP contribution in [0.2, 0.25) is 0 Å². The van der Waals surface area contributed by atoms with E-state index in [2.05, 4.69) is 5.32 Å². The van der Waals surface area contributed by atoms with E-state index >= 15 is 0 Å². The minimum Gasteiger partial charge on any atom is -0.489 e. The van der Waals surface area contributed by atoms with Crippen molar-refractivity contribution < 1.29 is 9.53 Å². The van der Waals surface area contributed by atoms with Crippen molar-refractivity contribution >= 4 is 5.78 Å². The number of hydrogen-bond acceptors (Lipinski definition) is 3. The zero-order valence-electron chi connectivity index (χ0n) is 10.3. The number of ether oxygens (including phenoxy) is 1. The van der Waals surface area contributed by atoms with Crippen molar-refractivity contribution in [1.82, 2.24) is 5.32 Å². The van der Waals surface area contributed by atoms with Gasteiger partial charge in [-0.25, -0.2) is 0 Å². The van der Waals surface area contributed by atoms with Gasteiger partial charge in [0.25, 0.3) is 0 Å². The average molecular weight is 233 g/mol. The third-order valence-electron chi connectivity index (χ3n) is 3.05. The normalized spacial score (nSPS) is 23.9. The molecule has 1 aromatic rings. The summed E-state index contributed by atoms with van der Waals surface area (Å²) >= 11 is 0. The smallest absolute Gasteiger partial charge is 0.152 e. The topological polar surface area (TPSA) is 38.3 Å². The van der Waals surface area contributed by atoms with Gasteiger partial charge >= 0.3 is 0 Å². The average Bonchev–Trinajstić information content (AvgIpc) is 2.77. The van der Waals surface area contributed by atoms with Gasteiger partial charge in [-0.15, -0.1) is 0 Å². The van der Waals surface area contributed by atoms with E-state index in [1.165, 1.54) is 0 Å². The fraction of sp³-hybridized carbons (Fsp3) is 0.500. The van der Waals surface area contributed by atoms with Gasteiger partial charge in [-0.2, -0.15) is 0 Å². The SMILES string of the molecule is CC(C)C(=O)[C@@H]1C[C@H](Oc2ccccc2)CN1. The van der Waals surface area contributed by atoms with Crippen LogP contribution < -0.4 is 10.1 Å². The molecule has 3 nitrogen and oxygen atoms in total. The Hall–Kier alpha value is -1.35. The number of benzene rings is 1. The van der Waals surface area contributed by atoms with Gasteiger partial charge in [0, 0.05) is 18.9 Å². The lowest BCUT2D eigenvalue weighted by atomic mass is 10.0. The molecule has 0 bridgehead atoms. The zero-order chi connectivity index (χ0) is 12.3. The van der Waals surface area contributed by atoms with E-state index in [0.29, 0.717) is 0 Å². The molecule has 1 saturated heterocycles. The highest BCUT2D eigenvalue weighted by atomic mass is 16.5. The fourth-order valence-corrected chi connectivity index (χ4v) is 2.10. The van der Waals surface area contributed by atoms with E-state index in [-0.39, 0.29) is 23.8 Å². The van der Waals surface area contributed by atoms with Crippen LogP contribution in [0.4, 0.5) is 0 Å². The highest BCUT2D eigenvalue weighted by Crippen LogP contribution is 2.18. The Morgan fingerprint density at radius 2 is 2.06 bits per heavy atom. The number of carbonyl (C=O) groups is 1. The summed E-state index contributed by atoms with van der Waals surface area (Å²) in [6.45, 7) is 4.63. The molecule has 0 aromatic heterocycles. The number of para-hydroxylation sites is 1. The van der Waals surface area contributed by atoms with Gasteiger partial charge in [0.1, 0.15) is 11.9 Å². The molecule has 0 saturated carbocycles. The molecule has 0 radical (unpaired) electrons. The summed E-state index contributed by atoms with van der Waals surface area (Å²) in [5, 5.41) is 3.23. The van der Waals surface area contributed by atoms with Crippen molar-refractivity contribution in [2.24, 2.45) is 5.92 Å². The van der Waals surface area contributed by atoms with E-state index < -0.39 is 0 Å². The predicted octanol–water partition coefficient (Wildman–Crippen LogP) is 2.02. The molecule has 17 heavy (non-hydrogen) atoms. The molecular weight excluding hydrogens is 214 g/mol. The minimum atomic E-state index is -0.0382. The van der Waals surface area contributed by atoms with Gasteiger partial charge in [-0.1, -0.05) is 32.0 Å². The molecule has 2 rings (SSSR count). The van der Waals surface area contributed by atoms with Crippen LogP contribution in [-0.4, -0.2) is 24.5 Å². The lowest BCUT2D eigenvalue weighted by molar-refractivity contribution is -0.123. The summed E-state index contributed by atoms with van der Waals surface area (Å²) in [7, 11) is 0. The van der Waals surface area contributed by atoms with Crippen molar-refractivity contribution in [3.8, 4) is 5.75 Å². The number of rotatable bonds is 4. The Labute approximate surface area is 102 Å². The second-order valence-electron chi connectivity index (χ2n) is 4.81. The van der Waals surface area contributed by atoms with E-state index in [1.54, 1.807) is 0 Å². The quantitative estimate of drug-likeness (QED) is 0.864. The van der Waals surface area contributed by atoms with E-state index in [9.17, 15) is 4.79 Å². The first kappa shape index (κ1) is 12.1. The van der Waals surface area contributed by atoms with E-state index in [1.807, 2.05) is 44.2 Å². The van der Waals surface area contributed by atoms with Crippen LogP contribution in [0.1, 0.15) is 20.3 Å². The number of Topliss-reactive ketones (excluding diaryl/α,β-unsaturated/α-hetero) is 1. The first-order valence-electron chi connectivity index (χ1n) is 6.15. The molecule has 0 spiro atoms. The monoisotopic (exact) mass is 233 g/mol. The molecule has 0 unspecified atom stereocenters. The Morgan fingerprint density at radius 3 is 2.71 bits per heavy atom. The van der Waals surface area contributed by atoms with Gasteiger partial charge in [-0.3, -0.25) is 4.79 Å². The summed E-state index contributed by atoms with van der Waals surface area (Å²) in [6, 6.07) is 9.71. The maximum absolute atomic E-state index is 11.8. The Kier molecular flexibility index (Phi) is 3.79. The van der Waals surface area contributed by atoms with Gasteiger partial charge in [0.2, 0.25) is 0 Å². The molecule has 1 heterocycles. The Bertz CT molecular complexity index is 375. The summed E-state index contributed by atoms with van der Waals surface area (Å²) in [5.74, 6) is 1.24. The Balaban J connectivity index is 1.88. The van der Waals surface area contributed by atoms with E-state index in [0.717, 1.165) is 18.7 Å². The van der Waals surface area contributed by atoms with Crippen molar-refractivity contribution in [1.29, 1.82) is 0 Å². The number of hydrogen-bond donors (Lipinski definition) is 1. The van der Waals surface area contributed by atoms with Crippen LogP contribution in [0.5, 0.6) is 5.75 Å². The van der Waals surface area contributed by atoms with Gasteiger partial charge in [-0.05, 0) is 12.1 Å². The minimum absolute atomic E-state index is 0.0382. The molecule has 92 valence electrons. The summed E-state index contributed by atoms with van der Waals surface area (Å²) < 4.78 is 5.82. The number of carbonyl (C=O) groups excluding carboxylic acids is 1. The third kappa shape index (κ3) is 3.07. The molecule has 1 aliphatic heterocycles. The molecule has 1 aromatic carbocycles. The largest absolute Gasteiger partial charge is 0.489 e. The van der Waals surface area contributed by atoms with E-state index in [4.69, 9.17) is 4.74 Å². The van der Waals surface area contributed by atoms with Crippen molar-refractivity contribution in [2.75, 3.05) is 6.54 Å². The van der Waals surface area contributed by atoms with Gasteiger partial charge < -0.3 is 10.1 Å². The van der Waals surface area contributed by atoms with Gasteiger partial charge in [0.05, 0.1) is 6.04 Å². The summed E-state index contributed by atoms with van der Waals surface area (Å²) in [5.41, 5.74) is 0. The molecule has 3 heteroatoms. The molecule has 0 aliphatic carbocycles. The number of nitrogens with one attached hydrogen (secondary N) is 1. The number of ketones is 1. The van der Waals surface area contributed by atoms with Gasteiger partial charge in [0.15, 0.2) is 5.78 Å². The first-order valence-corrected chi connectivity index (χ1v) is 6.15. The molecule has 1 aliphatic rings. The lowest BCUT2D eigenvalue weighted by Crippen LogP contribution is -2.33. The zero-order valence-corrected chi connectivity index (χ0v) is 10.3. The highest BCUT2D eigenvalue weighted by molar-refractivity contribution is 5.86. The molecule has 1 fully saturated rings. The standard InChI is InChI=1S/C14H19NO2/c1-10(2)14(16)13-8-12(9-15-13)17-11-6-4-3-5-7-11/h3-7,10,12-13,15H,8-9H2,1-2H3/t12-,13-/m0/s1. The van der Waals surface area contributed by atoms with Crippen molar-refractivity contribution in [3.05, 3.63) is 30.3 Å². The predicted molar refractivity (Wildman–Crippen MR) is 67.1 cm³/mol. The summed E-state index contributed by atoms with van der Waals surface area (Å²) in [6.07, 6.45) is 0.872. The van der Waals surface area contributed by atoms with Crippen LogP contribution in [-0.2, 0) is 4.79 Å². The van der Waals surface area contributed by atoms with Crippen LogP contribution in [0.15, 0.2) is 30.3 Å². The second kappa shape index (κ2) is 5.32. The van der Waals surface area contributed by atoms with Crippen molar-refractivity contribution in [3.63, 3.8) is 0 Å². The molecular formula is C14H19NO2. The third-order valence-corrected chi connectivity index (χ3v) is 3.05. The van der Waals surface area contributed by atoms with Crippen LogP contribution in [0.25, 0.3) is 0 Å². The van der Waals surface area contributed by atoms with Crippen LogP contribution in [0, 0.1) is 5.92 Å². The summed E-state index contributed by atoms with van der Waals surface area (Å²) in [4.78, 5) is 11.8. The fourth-order valence-electron chi connectivity index (χ4n) is 2.10. The van der Waals surface area contributed by atoms with Crippen LogP contribution >= 0.6 is 0 Å². The van der Waals surface area contributed by atoms with Crippen LogP contribution in [0.3, 0.4) is 0 Å². The molecule has 1 N–H and O–H groups in total. The second-order valence-corrected chi connectivity index (χ2v) is 4.81.